The molecular formula is C47H30N4. The maximum Gasteiger partial charge on any atom is 0.235 e. The van der Waals surface area contributed by atoms with Gasteiger partial charge in [-0.2, -0.15) is 5.26 Å². The summed E-state index contributed by atoms with van der Waals surface area (Å²) in [4.78, 5) is 10.6. The number of nitriles is 1. The topological polar surface area (TPSA) is 54.5 Å². The van der Waals surface area contributed by atoms with Gasteiger partial charge in [-0.3, -0.25) is 4.57 Å². The summed E-state index contributed by atoms with van der Waals surface area (Å²) < 4.78 is 2.23. The van der Waals surface area contributed by atoms with E-state index in [2.05, 4.69) is 138 Å². The van der Waals surface area contributed by atoms with Gasteiger partial charge >= 0.3 is 0 Å². The fourth-order valence-electron chi connectivity index (χ4n) is 6.89. The molecule has 0 aliphatic rings. The Morgan fingerprint density at radius 2 is 0.804 bits per heavy atom. The molecule has 4 heteroatoms. The summed E-state index contributed by atoms with van der Waals surface area (Å²) >= 11 is 0. The van der Waals surface area contributed by atoms with Crippen LogP contribution in [-0.4, -0.2) is 14.5 Å². The highest BCUT2D eigenvalue weighted by Gasteiger charge is 2.19. The van der Waals surface area contributed by atoms with Crippen LogP contribution in [0.5, 0.6) is 0 Å². The molecule has 0 aliphatic carbocycles. The minimum Gasteiger partial charge on any atom is -0.278 e. The molecule has 0 spiro atoms. The Balaban J connectivity index is 1.31. The molecule has 0 aliphatic heterocycles. The van der Waals surface area contributed by atoms with Gasteiger partial charge in [0.05, 0.1) is 34.1 Å². The minimum atomic E-state index is 0.602. The van der Waals surface area contributed by atoms with Crippen LogP contribution in [0.4, 0.5) is 0 Å². The fraction of sp³-hybridized carbons (Fsp3) is 0. The summed E-state index contributed by atoms with van der Waals surface area (Å²) in [5.74, 6) is 0.602. The van der Waals surface area contributed by atoms with Crippen molar-refractivity contribution < 1.29 is 0 Å². The average molecular weight is 651 g/mol. The Kier molecular flexibility index (Phi) is 7.50. The first kappa shape index (κ1) is 30.0. The van der Waals surface area contributed by atoms with Crippen LogP contribution < -0.4 is 0 Å². The summed E-state index contributed by atoms with van der Waals surface area (Å²) in [7, 11) is 0. The smallest absolute Gasteiger partial charge is 0.235 e. The second-order valence-electron chi connectivity index (χ2n) is 12.6. The van der Waals surface area contributed by atoms with Crippen LogP contribution >= 0.6 is 0 Å². The first-order valence-electron chi connectivity index (χ1n) is 17.0. The highest BCUT2D eigenvalue weighted by atomic mass is 15.2. The third-order valence-corrected chi connectivity index (χ3v) is 9.47. The summed E-state index contributed by atoms with van der Waals surface area (Å²) in [5.41, 5.74) is 13.0. The zero-order valence-corrected chi connectivity index (χ0v) is 27.6. The molecule has 4 nitrogen and oxygen atoms in total. The number of rotatable bonds is 6. The van der Waals surface area contributed by atoms with Crippen LogP contribution in [0.3, 0.4) is 0 Å². The molecular weight excluding hydrogens is 621 g/mol. The summed E-state index contributed by atoms with van der Waals surface area (Å²) in [6.07, 6.45) is 0. The molecule has 51 heavy (non-hydrogen) atoms. The molecule has 2 heterocycles. The number of aromatic nitrogens is 3. The van der Waals surface area contributed by atoms with E-state index in [0.29, 0.717) is 11.5 Å². The van der Waals surface area contributed by atoms with E-state index in [9.17, 15) is 5.26 Å². The van der Waals surface area contributed by atoms with Crippen molar-refractivity contribution in [3.63, 3.8) is 0 Å². The molecule has 7 aromatic carbocycles. The zero-order chi connectivity index (χ0) is 34.1. The second kappa shape index (κ2) is 12.7. The van der Waals surface area contributed by atoms with Crippen molar-refractivity contribution in [1.82, 2.24) is 14.5 Å². The maximum atomic E-state index is 9.33. The lowest BCUT2D eigenvalue weighted by molar-refractivity contribution is 0.996. The van der Waals surface area contributed by atoms with Gasteiger partial charge in [-0.05, 0) is 69.8 Å². The molecule has 0 N–H and O–H groups in total. The van der Waals surface area contributed by atoms with E-state index < -0.39 is 0 Å². The molecule has 0 saturated heterocycles. The lowest BCUT2D eigenvalue weighted by Crippen LogP contribution is -2.04. The summed E-state index contributed by atoms with van der Waals surface area (Å²) in [6.45, 7) is 0. The summed E-state index contributed by atoms with van der Waals surface area (Å²) in [6, 6.07) is 65.0. The largest absolute Gasteiger partial charge is 0.278 e. The molecule has 2 aromatic heterocycles. The van der Waals surface area contributed by atoms with E-state index in [1.807, 2.05) is 54.6 Å². The van der Waals surface area contributed by atoms with E-state index in [1.54, 1.807) is 0 Å². The van der Waals surface area contributed by atoms with Gasteiger partial charge in [-0.1, -0.05) is 146 Å². The van der Waals surface area contributed by atoms with E-state index in [0.717, 1.165) is 77.7 Å². The molecule has 238 valence electrons. The predicted molar refractivity (Wildman–Crippen MR) is 208 cm³/mol. The maximum absolute atomic E-state index is 9.33. The first-order chi connectivity index (χ1) is 25.2. The van der Waals surface area contributed by atoms with E-state index in [4.69, 9.17) is 9.97 Å². The normalized spacial score (nSPS) is 11.1. The van der Waals surface area contributed by atoms with Crippen molar-refractivity contribution in [1.29, 1.82) is 5.26 Å². The van der Waals surface area contributed by atoms with E-state index >= 15 is 0 Å². The van der Waals surface area contributed by atoms with Crippen LogP contribution in [0.1, 0.15) is 5.56 Å². The molecule has 0 atom stereocenters. The Morgan fingerprint density at radius 1 is 0.373 bits per heavy atom. The van der Waals surface area contributed by atoms with Gasteiger partial charge in [-0.15, -0.1) is 0 Å². The number of benzene rings is 7. The van der Waals surface area contributed by atoms with Crippen molar-refractivity contribution in [3.05, 3.63) is 188 Å². The monoisotopic (exact) mass is 650 g/mol. The van der Waals surface area contributed by atoms with Gasteiger partial charge in [-0.25, -0.2) is 9.97 Å². The van der Waals surface area contributed by atoms with Gasteiger partial charge in [0.1, 0.15) is 0 Å². The summed E-state index contributed by atoms with van der Waals surface area (Å²) in [5, 5.41) is 11.6. The van der Waals surface area contributed by atoms with Crippen LogP contribution in [0, 0.1) is 11.3 Å². The van der Waals surface area contributed by atoms with Crippen molar-refractivity contribution in [2.75, 3.05) is 0 Å². The second-order valence-corrected chi connectivity index (χ2v) is 12.6. The van der Waals surface area contributed by atoms with Gasteiger partial charge in [0.15, 0.2) is 0 Å². The van der Waals surface area contributed by atoms with Crippen molar-refractivity contribution in [3.8, 4) is 67.9 Å². The zero-order valence-electron chi connectivity index (χ0n) is 27.6. The molecule has 0 fully saturated rings. The van der Waals surface area contributed by atoms with Gasteiger partial charge in [0.2, 0.25) is 5.95 Å². The molecule has 0 unspecified atom stereocenters. The Labute approximate surface area is 296 Å². The van der Waals surface area contributed by atoms with Crippen molar-refractivity contribution in [2.24, 2.45) is 0 Å². The van der Waals surface area contributed by atoms with Crippen LogP contribution in [-0.2, 0) is 0 Å². The van der Waals surface area contributed by atoms with Gasteiger partial charge in [0.25, 0.3) is 0 Å². The number of nitrogens with zero attached hydrogens (tertiary/aromatic N) is 4. The number of hydrogen-bond donors (Lipinski definition) is 0. The van der Waals surface area contributed by atoms with Crippen LogP contribution in [0.2, 0.25) is 0 Å². The first-order valence-corrected chi connectivity index (χ1v) is 17.0. The van der Waals surface area contributed by atoms with Crippen LogP contribution in [0.25, 0.3) is 83.6 Å². The number of fused-ring (bicyclic) bond motifs is 3. The third-order valence-electron chi connectivity index (χ3n) is 9.47. The SMILES string of the molecule is N#Cc1ccc(-c2cccc(-c3cc(-c4ccccc4)nc(-n4c5cc(-c6ccccc6)ccc5c5ccc(-c6ccccc6)cc54)n3)c2)cc1. The minimum absolute atomic E-state index is 0.602. The molecule has 0 saturated carbocycles. The lowest BCUT2D eigenvalue weighted by atomic mass is 10.00. The predicted octanol–water partition coefficient (Wildman–Crippen LogP) is 11.8. The van der Waals surface area contributed by atoms with Crippen LogP contribution in [0.15, 0.2) is 182 Å². The molecule has 9 rings (SSSR count). The molecule has 9 aromatic rings. The molecule has 0 radical (unpaired) electrons. The van der Waals surface area contributed by atoms with Crippen molar-refractivity contribution >= 4 is 21.8 Å². The molecule has 0 amide bonds. The van der Waals surface area contributed by atoms with E-state index in [1.165, 1.54) is 0 Å². The molecule has 0 bridgehead atoms. The van der Waals surface area contributed by atoms with E-state index in [-0.39, 0.29) is 0 Å². The highest BCUT2D eigenvalue weighted by Crippen LogP contribution is 2.37. The Bertz CT molecular complexity index is 2630. The van der Waals surface area contributed by atoms with Gasteiger partial charge in [0, 0.05) is 21.9 Å². The number of hydrogen-bond acceptors (Lipinski definition) is 3. The van der Waals surface area contributed by atoms with Gasteiger partial charge < -0.3 is 0 Å². The quantitative estimate of drug-likeness (QED) is 0.180. The lowest BCUT2D eigenvalue weighted by Gasteiger charge is -2.13. The standard InChI is InChI=1S/C47H30N4/c48-31-32-19-21-35(22-20-32)37-17-10-18-40(27-37)44-30-43(36-15-8-3-9-16-36)49-47(50-44)51-45-28-38(33-11-4-1-5-12-33)23-25-41(45)42-26-24-39(29-46(42)51)34-13-6-2-7-14-34/h1-30H. The third kappa shape index (κ3) is 5.63. The average Bonchev–Trinajstić information content (AvgIpc) is 3.54. The Hall–Kier alpha value is -7.09. The van der Waals surface area contributed by atoms with Crippen molar-refractivity contribution in [2.45, 2.75) is 0 Å². The Morgan fingerprint density at radius 3 is 1.35 bits per heavy atom. The fourth-order valence-corrected chi connectivity index (χ4v) is 6.89. The highest BCUT2D eigenvalue weighted by molar-refractivity contribution is 6.11.